The average molecular weight is 205 g/mol. The minimum atomic E-state index is 0.407. The Bertz CT molecular complexity index is 299. The standard InChI is InChI=1S/C12H19N3/c1-15-8-4-5-10(9-13)12(15)11-6-2-3-7-14-11/h2-3,6-7,10,12H,4-5,8-9,13H2,1H3/t10-,12+/m0/s1. The molecule has 1 saturated heterocycles. The van der Waals surface area contributed by atoms with Crippen LogP contribution in [0.4, 0.5) is 0 Å². The topological polar surface area (TPSA) is 42.1 Å². The minimum Gasteiger partial charge on any atom is -0.330 e. The van der Waals surface area contributed by atoms with Crippen molar-refractivity contribution < 1.29 is 0 Å². The first-order chi connectivity index (χ1) is 7.33. The molecule has 2 rings (SSSR count). The summed E-state index contributed by atoms with van der Waals surface area (Å²) in [5.41, 5.74) is 7.00. The summed E-state index contributed by atoms with van der Waals surface area (Å²) in [6.45, 7) is 1.91. The maximum Gasteiger partial charge on any atom is 0.0578 e. The number of nitrogens with two attached hydrogens (primary N) is 1. The molecule has 1 fully saturated rings. The van der Waals surface area contributed by atoms with Gasteiger partial charge < -0.3 is 5.73 Å². The molecule has 82 valence electrons. The molecule has 1 aliphatic rings. The summed E-state index contributed by atoms with van der Waals surface area (Å²) in [5, 5.41) is 0. The molecule has 3 heteroatoms. The summed E-state index contributed by atoms with van der Waals surface area (Å²) in [5.74, 6) is 0.554. The Morgan fingerprint density at radius 1 is 1.53 bits per heavy atom. The molecule has 1 aromatic rings. The summed E-state index contributed by atoms with van der Waals surface area (Å²) in [6.07, 6.45) is 4.34. The number of hydrogen-bond donors (Lipinski definition) is 1. The quantitative estimate of drug-likeness (QED) is 0.794. The zero-order chi connectivity index (χ0) is 10.7. The molecule has 2 atom stereocenters. The van der Waals surface area contributed by atoms with E-state index in [9.17, 15) is 0 Å². The SMILES string of the molecule is CN1CCC[C@@H](CN)[C@@H]1c1ccccn1. The van der Waals surface area contributed by atoms with Crippen molar-refractivity contribution in [1.29, 1.82) is 0 Å². The van der Waals surface area contributed by atoms with E-state index in [2.05, 4.69) is 29.1 Å². The zero-order valence-electron chi connectivity index (χ0n) is 9.26. The van der Waals surface area contributed by atoms with Crippen LogP contribution in [-0.4, -0.2) is 30.0 Å². The summed E-state index contributed by atoms with van der Waals surface area (Å²) < 4.78 is 0. The van der Waals surface area contributed by atoms with Crippen LogP contribution in [0.2, 0.25) is 0 Å². The highest BCUT2D eigenvalue weighted by Gasteiger charge is 2.30. The number of rotatable bonds is 2. The Morgan fingerprint density at radius 3 is 3.07 bits per heavy atom. The predicted molar refractivity (Wildman–Crippen MR) is 61.4 cm³/mol. The van der Waals surface area contributed by atoms with Gasteiger partial charge in [0.05, 0.1) is 11.7 Å². The molecule has 0 spiro atoms. The molecule has 0 radical (unpaired) electrons. The van der Waals surface area contributed by atoms with E-state index in [-0.39, 0.29) is 0 Å². The van der Waals surface area contributed by atoms with E-state index in [1.54, 1.807) is 0 Å². The van der Waals surface area contributed by atoms with Gasteiger partial charge in [-0.25, -0.2) is 0 Å². The van der Waals surface area contributed by atoms with Gasteiger partial charge >= 0.3 is 0 Å². The highest BCUT2D eigenvalue weighted by molar-refractivity contribution is 5.11. The lowest BCUT2D eigenvalue weighted by molar-refractivity contribution is 0.122. The van der Waals surface area contributed by atoms with E-state index in [1.807, 2.05) is 12.3 Å². The Balaban J connectivity index is 2.23. The van der Waals surface area contributed by atoms with Crippen molar-refractivity contribution in [3.05, 3.63) is 30.1 Å². The van der Waals surface area contributed by atoms with Gasteiger partial charge in [0.25, 0.3) is 0 Å². The minimum absolute atomic E-state index is 0.407. The van der Waals surface area contributed by atoms with Crippen molar-refractivity contribution in [3.8, 4) is 0 Å². The molecular weight excluding hydrogens is 186 g/mol. The molecule has 0 aliphatic carbocycles. The van der Waals surface area contributed by atoms with Gasteiger partial charge in [-0.3, -0.25) is 9.88 Å². The first kappa shape index (κ1) is 10.6. The van der Waals surface area contributed by atoms with Crippen LogP contribution in [0.15, 0.2) is 24.4 Å². The average Bonchev–Trinajstić information content (AvgIpc) is 2.29. The molecule has 0 amide bonds. The summed E-state index contributed by atoms with van der Waals surface area (Å²) in [6, 6.07) is 6.53. The molecule has 3 nitrogen and oxygen atoms in total. The van der Waals surface area contributed by atoms with Gasteiger partial charge in [-0.05, 0) is 51.0 Å². The fourth-order valence-electron chi connectivity index (χ4n) is 2.52. The van der Waals surface area contributed by atoms with Crippen LogP contribution in [-0.2, 0) is 0 Å². The number of piperidine rings is 1. The first-order valence-electron chi connectivity index (χ1n) is 5.64. The van der Waals surface area contributed by atoms with Gasteiger partial charge in [-0.1, -0.05) is 6.07 Å². The van der Waals surface area contributed by atoms with Crippen molar-refractivity contribution >= 4 is 0 Å². The maximum absolute atomic E-state index is 5.84. The van der Waals surface area contributed by atoms with Gasteiger partial charge in [-0.15, -0.1) is 0 Å². The van der Waals surface area contributed by atoms with Crippen molar-refractivity contribution in [1.82, 2.24) is 9.88 Å². The lowest BCUT2D eigenvalue weighted by Crippen LogP contribution is -2.39. The molecule has 2 N–H and O–H groups in total. The van der Waals surface area contributed by atoms with Crippen LogP contribution in [0.5, 0.6) is 0 Å². The number of pyridine rings is 1. The van der Waals surface area contributed by atoms with Gasteiger partial charge in [0, 0.05) is 6.20 Å². The lowest BCUT2D eigenvalue weighted by atomic mass is 9.87. The van der Waals surface area contributed by atoms with Gasteiger partial charge in [0.15, 0.2) is 0 Å². The third-order valence-electron chi connectivity index (χ3n) is 3.30. The van der Waals surface area contributed by atoms with Gasteiger partial charge in [0.1, 0.15) is 0 Å². The third-order valence-corrected chi connectivity index (χ3v) is 3.30. The first-order valence-corrected chi connectivity index (χ1v) is 5.64. The normalized spacial score (nSPS) is 27.9. The fourth-order valence-corrected chi connectivity index (χ4v) is 2.52. The van der Waals surface area contributed by atoms with E-state index < -0.39 is 0 Å². The molecule has 0 saturated carbocycles. The van der Waals surface area contributed by atoms with Crippen LogP contribution in [0.1, 0.15) is 24.6 Å². The van der Waals surface area contributed by atoms with E-state index >= 15 is 0 Å². The van der Waals surface area contributed by atoms with Gasteiger partial charge in [-0.2, -0.15) is 0 Å². The number of likely N-dealkylation sites (tertiary alicyclic amines) is 1. The van der Waals surface area contributed by atoms with Crippen LogP contribution < -0.4 is 5.73 Å². The highest BCUT2D eigenvalue weighted by Crippen LogP contribution is 2.32. The van der Waals surface area contributed by atoms with Crippen LogP contribution in [0.25, 0.3) is 0 Å². The molecule has 2 heterocycles. The maximum atomic E-state index is 5.84. The fraction of sp³-hybridized carbons (Fsp3) is 0.583. The van der Waals surface area contributed by atoms with E-state index in [4.69, 9.17) is 5.73 Å². The molecule has 0 unspecified atom stereocenters. The molecular formula is C12H19N3. The smallest absolute Gasteiger partial charge is 0.0578 e. The Labute approximate surface area is 91.3 Å². The van der Waals surface area contributed by atoms with Gasteiger partial charge in [0.2, 0.25) is 0 Å². The van der Waals surface area contributed by atoms with Crippen molar-refractivity contribution in [2.45, 2.75) is 18.9 Å². The van der Waals surface area contributed by atoms with Crippen LogP contribution >= 0.6 is 0 Å². The molecule has 0 bridgehead atoms. The molecule has 15 heavy (non-hydrogen) atoms. The summed E-state index contributed by atoms with van der Waals surface area (Å²) in [4.78, 5) is 6.83. The monoisotopic (exact) mass is 205 g/mol. The third kappa shape index (κ3) is 2.19. The number of nitrogens with zero attached hydrogens (tertiary/aromatic N) is 2. The van der Waals surface area contributed by atoms with E-state index in [0.717, 1.165) is 18.8 Å². The van der Waals surface area contributed by atoms with E-state index in [1.165, 1.54) is 12.8 Å². The van der Waals surface area contributed by atoms with Crippen LogP contribution in [0.3, 0.4) is 0 Å². The summed E-state index contributed by atoms with van der Waals surface area (Å²) >= 11 is 0. The number of aromatic nitrogens is 1. The Hall–Kier alpha value is -0.930. The Kier molecular flexibility index (Phi) is 3.34. The second kappa shape index (κ2) is 4.73. The second-order valence-electron chi connectivity index (χ2n) is 4.32. The Morgan fingerprint density at radius 2 is 2.40 bits per heavy atom. The molecule has 0 aromatic carbocycles. The predicted octanol–water partition coefficient (Wildman–Crippen LogP) is 1.42. The van der Waals surface area contributed by atoms with E-state index in [0.29, 0.717) is 12.0 Å². The largest absolute Gasteiger partial charge is 0.330 e. The zero-order valence-corrected chi connectivity index (χ0v) is 9.26. The lowest BCUT2D eigenvalue weighted by Gasteiger charge is -2.38. The van der Waals surface area contributed by atoms with Crippen molar-refractivity contribution in [2.24, 2.45) is 11.7 Å². The molecule has 1 aliphatic heterocycles. The second-order valence-corrected chi connectivity index (χ2v) is 4.32. The number of hydrogen-bond acceptors (Lipinski definition) is 3. The summed E-state index contributed by atoms with van der Waals surface area (Å²) in [7, 11) is 2.17. The van der Waals surface area contributed by atoms with Crippen molar-refractivity contribution in [2.75, 3.05) is 20.1 Å². The highest BCUT2D eigenvalue weighted by atomic mass is 15.2. The van der Waals surface area contributed by atoms with Crippen molar-refractivity contribution in [3.63, 3.8) is 0 Å². The van der Waals surface area contributed by atoms with Crippen LogP contribution in [0, 0.1) is 5.92 Å². The molecule has 1 aromatic heterocycles.